The Labute approximate surface area is 92.4 Å². The summed E-state index contributed by atoms with van der Waals surface area (Å²) in [5, 5.41) is 6.88. The first-order valence-electron chi connectivity index (χ1n) is 4.80. The largest absolute Gasteiger partial charge is 0.337 e. The van der Waals surface area contributed by atoms with Gasteiger partial charge in [0.15, 0.2) is 0 Å². The highest BCUT2D eigenvalue weighted by Crippen LogP contribution is 2.10. The minimum absolute atomic E-state index is 0.448. The zero-order chi connectivity index (χ0) is 11.2. The monoisotopic (exact) mass is 217 g/mol. The number of hydrogen-bond acceptors (Lipinski definition) is 6. The Balaban J connectivity index is 2.05. The molecule has 6 heteroatoms. The predicted molar refractivity (Wildman–Crippen MR) is 57.2 cm³/mol. The Bertz CT molecular complexity index is 453. The number of nitrogens with one attached hydrogen (secondary N) is 1. The van der Waals surface area contributed by atoms with E-state index in [4.69, 9.17) is 4.52 Å². The predicted octanol–water partition coefficient (Wildman–Crippen LogP) is 0.802. The van der Waals surface area contributed by atoms with Crippen molar-refractivity contribution in [2.75, 3.05) is 6.54 Å². The van der Waals surface area contributed by atoms with Crippen LogP contribution < -0.4 is 5.32 Å². The van der Waals surface area contributed by atoms with Gasteiger partial charge in [-0.1, -0.05) is 11.2 Å². The molecule has 6 nitrogen and oxygen atoms in total. The first-order chi connectivity index (χ1) is 7.90. The molecule has 0 unspecified atom stereocenters. The van der Waals surface area contributed by atoms with Crippen LogP contribution in [-0.4, -0.2) is 26.7 Å². The van der Waals surface area contributed by atoms with Crippen LogP contribution >= 0.6 is 0 Å². The lowest BCUT2D eigenvalue weighted by molar-refractivity contribution is 0.370. The third-order valence-corrected chi connectivity index (χ3v) is 1.83. The first kappa shape index (κ1) is 10.4. The summed E-state index contributed by atoms with van der Waals surface area (Å²) in [5.41, 5.74) is 0.598. The topological polar surface area (TPSA) is 76.7 Å². The van der Waals surface area contributed by atoms with Crippen molar-refractivity contribution in [3.63, 3.8) is 0 Å². The zero-order valence-corrected chi connectivity index (χ0v) is 8.63. The van der Waals surface area contributed by atoms with Crippen LogP contribution in [0.1, 0.15) is 5.89 Å². The van der Waals surface area contributed by atoms with Crippen molar-refractivity contribution in [3.8, 4) is 11.5 Å². The minimum atomic E-state index is 0.448. The quantitative estimate of drug-likeness (QED) is 0.589. The van der Waals surface area contributed by atoms with Gasteiger partial charge in [-0.2, -0.15) is 4.98 Å². The Kier molecular flexibility index (Phi) is 3.35. The molecule has 2 aromatic rings. The second kappa shape index (κ2) is 5.13. The molecule has 0 amide bonds. The Morgan fingerprint density at radius 2 is 2.38 bits per heavy atom. The summed E-state index contributed by atoms with van der Waals surface area (Å²) >= 11 is 0. The van der Waals surface area contributed by atoms with E-state index < -0.39 is 0 Å². The summed E-state index contributed by atoms with van der Waals surface area (Å²) in [7, 11) is 0. The molecular formula is C10H11N5O. The lowest BCUT2D eigenvalue weighted by atomic mass is 10.4. The van der Waals surface area contributed by atoms with Crippen LogP contribution in [-0.2, 0) is 6.54 Å². The average molecular weight is 217 g/mol. The van der Waals surface area contributed by atoms with Crippen LogP contribution in [0.15, 0.2) is 35.8 Å². The van der Waals surface area contributed by atoms with E-state index in [1.807, 2.05) is 0 Å². The van der Waals surface area contributed by atoms with Crippen molar-refractivity contribution < 1.29 is 4.52 Å². The summed E-state index contributed by atoms with van der Waals surface area (Å²) in [4.78, 5) is 12.2. The van der Waals surface area contributed by atoms with Crippen molar-refractivity contribution in [3.05, 3.63) is 37.1 Å². The summed E-state index contributed by atoms with van der Waals surface area (Å²) in [6, 6.07) is 0. The van der Waals surface area contributed by atoms with Crippen LogP contribution in [0.4, 0.5) is 0 Å². The van der Waals surface area contributed by atoms with E-state index in [9.17, 15) is 0 Å². The Morgan fingerprint density at radius 3 is 3.12 bits per heavy atom. The van der Waals surface area contributed by atoms with Crippen LogP contribution in [0.25, 0.3) is 11.5 Å². The fraction of sp³-hybridized carbons (Fsp3) is 0.200. The summed E-state index contributed by atoms with van der Waals surface area (Å²) < 4.78 is 5.04. The van der Waals surface area contributed by atoms with E-state index in [-0.39, 0.29) is 0 Å². The van der Waals surface area contributed by atoms with Crippen molar-refractivity contribution in [1.82, 2.24) is 25.4 Å². The maximum atomic E-state index is 5.04. The molecule has 0 atom stereocenters. The molecule has 2 rings (SSSR count). The van der Waals surface area contributed by atoms with Crippen molar-refractivity contribution in [2.45, 2.75) is 6.54 Å². The van der Waals surface area contributed by atoms with Gasteiger partial charge in [-0.15, -0.1) is 6.58 Å². The SMILES string of the molecule is C=CCNCc1nc(-c2cnccn2)no1. The normalized spacial score (nSPS) is 10.2. The van der Waals surface area contributed by atoms with Crippen LogP contribution in [0, 0.1) is 0 Å². The molecule has 2 aromatic heterocycles. The minimum Gasteiger partial charge on any atom is -0.337 e. The molecule has 0 bridgehead atoms. The number of nitrogens with zero attached hydrogens (tertiary/aromatic N) is 4. The highest BCUT2D eigenvalue weighted by atomic mass is 16.5. The molecule has 0 aliphatic rings. The highest BCUT2D eigenvalue weighted by molar-refractivity contribution is 5.45. The van der Waals surface area contributed by atoms with E-state index in [2.05, 4.69) is 32.0 Å². The van der Waals surface area contributed by atoms with Gasteiger partial charge in [-0.3, -0.25) is 4.98 Å². The van der Waals surface area contributed by atoms with E-state index in [0.717, 1.165) is 0 Å². The standard InChI is InChI=1S/C10H11N5O/c1-2-3-11-7-9-14-10(15-16-9)8-6-12-4-5-13-8/h2,4-6,11H,1,3,7H2. The first-order valence-corrected chi connectivity index (χ1v) is 4.80. The Morgan fingerprint density at radius 1 is 1.44 bits per heavy atom. The average Bonchev–Trinajstić information content (AvgIpc) is 2.79. The van der Waals surface area contributed by atoms with E-state index in [0.29, 0.717) is 30.5 Å². The fourth-order valence-electron chi connectivity index (χ4n) is 1.13. The lowest BCUT2D eigenvalue weighted by Gasteiger charge is -1.93. The van der Waals surface area contributed by atoms with Gasteiger partial charge in [0.1, 0.15) is 5.69 Å². The molecule has 1 N–H and O–H groups in total. The highest BCUT2D eigenvalue weighted by Gasteiger charge is 2.08. The van der Waals surface area contributed by atoms with Gasteiger partial charge in [0.05, 0.1) is 12.7 Å². The molecule has 0 aliphatic carbocycles. The van der Waals surface area contributed by atoms with Gasteiger partial charge in [-0.25, -0.2) is 4.98 Å². The van der Waals surface area contributed by atoms with Crippen LogP contribution in [0.5, 0.6) is 0 Å². The van der Waals surface area contributed by atoms with Gasteiger partial charge < -0.3 is 9.84 Å². The van der Waals surface area contributed by atoms with Gasteiger partial charge in [-0.05, 0) is 0 Å². The summed E-state index contributed by atoms with van der Waals surface area (Å²) in [5.74, 6) is 0.964. The molecule has 0 aliphatic heterocycles. The van der Waals surface area contributed by atoms with E-state index in [1.54, 1.807) is 24.7 Å². The number of hydrogen-bond donors (Lipinski definition) is 1. The maximum absolute atomic E-state index is 5.04. The fourth-order valence-corrected chi connectivity index (χ4v) is 1.13. The molecule has 0 saturated carbocycles. The van der Waals surface area contributed by atoms with E-state index in [1.165, 1.54) is 0 Å². The molecule has 82 valence electrons. The van der Waals surface area contributed by atoms with Gasteiger partial charge in [0.2, 0.25) is 11.7 Å². The second-order valence-electron chi connectivity index (χ2n) is 3.02. The van der Waals surface area contributed by atoms with E-state index >= 15 is 0 Å². The lowest BCUT2D eigenvalue weighted by Crippen LogP contribution is -2.12. The third-order valence-electron chi connectivity index (χ3n) is 1.83. The van der Waals surface area contributed by atoms with Crippen LogP contribution in [0.3, 0.4) is 0 Å². The van der Waals surface area contributed by atoms with Crippen LogP contribution in [0.2, 0.25) is 0 Å². The molecule has 0 saturated heterocycles. The Hall–Kier alpha value is -2.08. The number of aromatic nitrogens is 4. The summed E-state index contributed by atoms with van der Waals surface area (Å²) in [6.07, 6.45) is 6.53. The number of rotatable bonds is 5. The molecule has 0 radical (unpaired) electrons. The van der Waals surface area contributed by atoms with Crippen molar-refractivity contribution in [1.29, 1.82) is 0 Å². The molecule has 16 heavy (non-hydrogen) atoms. The van der Waals surface area contributed by atoms with Gasteiger partial charge >= 0.3 is 0 Å². The van der Waals surface area contributed by atoms with Crippen molar-refractivity contribution >= 4 is 0 Å². The zero-order valence-electron chi connectivity index (χ0n) is 8.63. The summed E-state index contributed by atoms with van der Waals surface area (Å²) in [6.45, 7) is 4.81. The van der Waals surface area contributed by atoms with Gasteiger partial charge in [0.25, 0.3) is 0 Å². The van der Waals surface area contributed by atoms with Gasteiger partial charge in [0, 0.05) is 18.9 Å². The molecular weight excluding hydrogens is 206 g/mol. The molecule has 0 fully saturated rings. The molecule has 2 heterocycles. The van der Waals surface area contributed by atoms with Crippen molar-refractivity contribution in [2.24, 2.45) is 0 Å². The smallest absolute Gasteiger partial charge is 0.240 e. The maximum Gasteiger partial charge on any atom is 0.240 e. The third kappa shape index (κ3) is 2.48. The second-order valence-corrected chi connectivity index (χ2v) is 3.02. The molecule has 0 aromatic carbocycles. The molecule has 0 spiro atoms.